The van der Waals surface area contributed by atoms with E-state index in [1.165, 1.54) is 11.1 Å². The van der Waals surface area contributed by atoms with Crippen LogP contribution < -0.4 is 4.74 Å². The number of hydrogen-bond donors (Lipinski definition) is 0. The van der Waals surface area contributed by atoms with Gasteiger partial charge >= 0.3 is 0 Å². The van der Waals surface area contributed by atoms with Gasteiger partial charge in [0.05, 0.1) is 12.8 Å². The SMILES string of the molecule is COc1ccc(-n2cccn2)c(CN2CC[C@H](c3cccc(Cl)c3)C2)c1. The van der Waals surface area contributed by atoms with E-state index in [1.807, 2.05) is 35.1 Å². The van der Waals surface area contributed by atoms with Gasteiger partial charge in [0.2, 0.25) is 0 Å². The topological polar surface area (TPSA) is 30.3 Å². The Kier molecular flexibility index (Phi) is 4.96. The number of likely N-dealkylation sites (tertiary alicyclic amines) is 1. The van der Waals surface area contributed by atoms with Crippen LogP contribution in [0.15, 0.2) is 60.9 Å². The molecule has 1 saturated heterocycles. The molecule has 0 unspecified atom stereocenters. The van der Waals surface area contributed by atoms with E-state index in [-0.39, 0.29) is 0 Å². The van der Waals surface area contributed by atoms with Crippen molar-refractivity contribution in [3.05, 3.63) is 77.1 Å². The first kappa shape index (κ1) is 17.1. The smallest absolute Gasteiger partial charge is 0.119 e. The maximum absolute atomic E-state index is 6.16. The van der Waals surface area contributed by atoms with Crippen molar-refractivity contribution in [1.82, 2.24) is 14.7 Å². The van der Waals surface area contributed by atoms with Crippen LogP contribution in [-0.2, 0) is 6.54 Å². The molecule has 2 aromatic carbocycles. The summed E-state index contributed by atoms with van der Waals surface area (Å²) in [6.07, 6.45) is 4.94. The largest absolute Gasteiger partial charge is 0.497 e. The summed E-state index contributed by atoms with van der Waals surface area (Å²) < 4.78 is 7.35. The van der Waals surface area contributed by atoms with E-state index < -0.39 is 0 Å². The van der Waals surface area contributed by atoms with E-state index in [0.29, 0.717) is 5.92 Å². The molecule has 1 aliphatic rings. The molecular weight excluding hydrogens is 346 g/mol. The molecule has 3 aromatic rings. The number of rotatable bonds is 5. The van der Waals surface area contributed by atoms with Crippen molar-refractivity contribution < 1.29 is 4.74 Å². The van der Waals surface area contributed by atoms with Crippen molar-refractivity contribution in [2.75, 3.05) is 20.2 Å². The van der Waals surface area contributed by atoms with Gasteiger partial charge in [0.1, 0.15) is 5.75 Å². The van der Waals surface area contributed by atoms with Gasteiger partial charge in [-0.1, -0.05) is 23.7 Å². The highest BCUT2D eigenvalue weighted by Crippen LogP contribution is 2.31. The molecule has 1 atom stereocenters. The summed E-state index contributed by atoms with van der Waals surface area (Å²) in [6.45, 7) is 2.99. The van der Waals surface area contributed by atoms with Crippen LogP contribution in [0.2, 0.25) is 5.02 Å². The molecule has 5 heteroatoms. The summed E-state index contributed by atoms with van der Waals surface area (Å²) in [5.74, 6) is 1.41. The van der Waals surface area contributed by atoms with E-state index in [1.54, 1.807) is 13.3 Å². The minimum Gasteiger partial charge on any atom is -0.497 e. The van der Waals surface area contributed by atoms with E-state index in [4.69, 9.17) is 16.3 Å². The fourth-order valence-electron chi connectivity index (χ4n) is 3.70. The minimum atomic E-state index is 0.535. The molecule has 2 heterocycles. The molecule has 134 valence electrons. The van der Waals surface area contributed by atoms with Gasteiger partial charge in [0.25, 0.3) is 0 Å². The lowest BCUT2D eigenvalue weighted by molar-refractivity contribution is 0.325. The average molecular weight is 368 g/mol. The zero-order valence-corrected chi connectivity index (χ0v) is 15.6. The third-order valence-corrected chi connectivity index (χ3v) is 5.26. The lowest BCUT2D eigenvalue weighted by Gasteiger charge is -2.19. The molecule has 0 amide bonds. The molecule has 0 spiro atoms. The number of hydrogen-bond acceptors (Lipinski definition) is 3. The van der Waals surface area contributed by atoms with Crippen LogP contribution in [0, 0.1) is 0 Å². The molecule has 4 rings (SSSR count). The molecule has 1 aromatic heterocycles. The van der Waals surface area contributed by atoms with Gasteiger partial charge in [0.15, 0.2) is 0 Å². The van der Waals surface area contributed by atoms with Crippen LogP contribution >= 0.6 is 11.6 Å². The van der Waals surface area contributed by atoms with Crippen molar-refractivity contribution in [2.45, 2.75) is 18.9 Å². The molecule has 4 nitrogen and oxygen atoms in total. The van der Waals surface area contributed by atoms with Crippen LogP contribution in [0.4, 0.5) is 0 Å². The van der Waals surface area contributed by atoms with E-state index >= 15 is 0 Å². The minimum absolute atomic E-state index is 0.535. The fourth-order valence-corrected chi connectivity index (χ4v) is 3.90. The van der Waals surface area contributed by atoms with Crippen LogP contribution in [0.3, 0.4) is 0 Å². The normalized spacial score (nSPS) is 17.5. The Morgan fingerprint density at radius 3 is 2.88 bits per heavy atom. The lowest BCUT2D eigenvalue weighted by Crippen LogP contribution is -2.21. The first-order chi connectivity index (χ1) is 12.7. The standard InChI is InChI=1S/C21H22ClN3O/c1-26-20-6-7-21(25-10-3-9-23-25)18(13-20)15-24-11-8-17(14-24)16-4-2-5-19(22)12-16/h2-7,9-10,12-13,17H,8,11,14-15H2,1H3/t17-/m0/s1. The summed E-state index contributed by atoms with van der Waals surface area (Å²) in [4.78, 5) is 2.49. The third kappa shape index (κ3) is 3.62. The Labute approximate surface area is 159 Å². The molecular formula is C21H22ClN3O. The molecule has 0 N–H and O–H groups in total. The Bertz CT molecular complexity index is 879. The second-order valence-corrected chi connectivity index (χ2v) is 7.16. The number of aromatic nitrogens is 2. The van der Waals surface area contributed by atoms with Gasteiger partial charge in [-0.2, -0.15) is 5.10 Å². The highest BCUT2D eigenvalue weighted by molar-refractivity contribution is 6.30. The lowest BCUT2D eigenvalue weighted by atomic mass is 9.99. The predicted molar refractivity (Wildman–Crippen MR) is 104 cm³/mol. The van der Waals surface area contributed by atoms with Gasteiger partial charge in [-0.25, -0.2) is 4.68 Å². The summed E-state index contributed by atoms with van der Waals surface area (Å²) in [6, 6.07) is 16.4. The number of halogens is 1. The average Bonchev–Trinajstić information content (AvgIpc) is 3.34. The van der Waals surface area contributed by atoms with Crippen molar-refractivity contribution in [1.29, 1.82) is 0 Å². The number of methoxy groups -OCH3 is 1. The monoisotopic (exact) mass is 367 g/mol. The van der Waals surface area contributed by atoms with Crippen LogP contribution in [-0.4, -0.2) is 34.9 Å². The highest BCUT2D eigenvalue weighted by Gasteiger charge is 2.25. The third-order valence-electron chi connectivity index (χ3n) is 5.02. The molecule has 0 radical (unpaired) electrons. The van der Waals surface area contributed by atoms with Gasteiger partial charge in [-0.05, 0) is 66.4 Å². The second-order valence-electron chi connectivity index (χ2n) is 6.72. The number of benzene rings is 2. The molecule has 0 aliphatic carbocycles. The molecule has 1 aliphatic heterocycles. The van der Waals surface area contributed by atoms with Crippen LogP contribution in [0.5, 0.6) is 5.75 Å². The molecule has 26 heavy (non-hydrogen) atoms. The Balaban J connectivity index is 1.54. The highest BCUT2D eigenvalue weighted by atomic mass is 35.5. The van der Waals surface area contributed by atoms with Gasteiger partial charge in [-0.3, -0.25) is 4.90 Å². The summed E-state index contributed by atoms with van der Waals surface area (Å²) in [7, 11) is 1.71. The molecule has 0 bridgehead atoms. The maximum Gasteiger partial charge on any atom is 0.119 e. The van der Waals surface area contributed by atoms with Crippen molar-refractivity contribution in [3.63, 3.8) is 0 Å². The van der Waals surface area contributed by atoms with Gasteiger partial charge in [0, 0.05) is 30.5 Å². The number of ether oxygens (including phenoxy) is 1. The number of nitrogens with zero attached hydrogens (tertiary/aromatic N) is 3. The quantitative estimate of drug-likeness (QED) is 0.664. The second kappa shape index (κ2) is 7.52. The maximum atomic E-state index is 6.16. The van der Waals surface area contributed by atoms with E-state index in [0.717, 1.165) is 42.5 Å². The van der Waals surface area contributed by atoms with Crippen molar-refractivity contribution in [2.24, 2.45) is 0 Å². The zero-order valence-electron chi connectivity index (χ0n) is 14.8. The van der Waals surface area contributed by atoms with Gasteiger partial charge in [-0.15, -0.1) is 0 Å². The Hall–Kier alpha value is -2.30. The predicted octanol–water partition coefficient (Wildman–Crippen LogP) is 4.52. The van der Waals surface area contributed by atoms with Crippen LogP contribution in [0.1, 0.15) is 23.5 Å². The fraction of sp³-hybridized carbons (Fsp3) is 0.286. The molecule has 0 saturated carbocycles. The zero-order chi connectivity index (χ0) is 17.9. The summed E-state index contributed by atoms with van der Waals surface area (Å²) in [5, 5.41) is 5.21. The Morgan fingerprint density at radius 2 is 2.12 bits per heavy atom. The Morgan fingerprint density at radius 1 is 1.19 bits per heavy atom. The first-order valence-corrected chi connectivity index (χ1v) is 9.25. The van der Waals surface area contributed by atoms with E-state index in [2.05, 4.69) is 34.3 Å². The summed E-state index contributed by atoms with van der Waals surface area (Å²) >= 11 is 6.16. The summed E-state index contributed by atoms with van der Waals surface area (Å²) in [5.41, 5.74) is 3.65. The van der Waals surface area contributed by atoms with Crippen molar-refractivity contribution >= 4 is 11.6 Å². The van der Waals surface area contributed by atoms with Gasteiger partial charge < -0.3 is 4.74 Å². The van der Waals surface area contributed by atoms with E-state index in [9.17, 15) is 0 Å². The first-order valence-electron chi connectivity index (χ1n) is 8.87. The van der Waals surface area contributed by atoms with Crippen LogP contribution in [0.25, 0.3) is 5.69 Å². The van der Waals surface area contributed by atoms with Crippen molar-refractivity contribution in [3.8, 4) is 11.4 Å². The molecule has 1 fully saturated rings.